The first-order valence-corrected chi connectivity index (χ1v) is 16.2. The molecule has 0 saturated heterocycles. The van der Waals surface area contributed by atoms with Crippen molar-refractivity contribution in [3.63, 3.8) is 0 Å². The van der Waals surface area contributed by atoms with Gasteiger partial charge in [0.15, 0.2) is 0 Å². The molecule has 0 saturated carbocycles. The van der Waals surface area contributed by atoms with Crippen molar-refractivity contribution in [3.05, 3.63) is 156 Å². The fourth-order valence-electron chi connectivity index (χ4n) is 7.17. The summed E-state index contributed by atoms with van der Waals surface area (Å²) in [4.78, 5) is 46.8. The highest BCUT2D eigenvalue weighted by atomic mass is 16.4. The van der Waals surface area contributed by atoms with Crippen molar-refractivity contribution in [2.45, 2.75) is 0 Å². The highest BCUT2D eigenvalue weighted by molar-refractivity contribution is 6.30. The Kier molecular flexibility index (Phi) is 7.50. The quantitative estimate of drug-likeness (QED) is 0.116. The fourth-order valence-corrected chi connectivity index (χ4v) is 7.17. The number of carboxylic acids is 4. The van der Waals surface area contributed by atoms with Gasteiger partial charge in [-0.2, -0.15) is 0 Å². The second kappa shape index (κ2) is 12.2. The van der Waals surface area contributed by atoms with Crippen LogP contribution in [0, 0.1) is 0 Å². The predicted octanol–water partition coefficient (Wildman–Crippen LogP) is 10.0. The van der Waals surface area contributed by atoms with E-state index in [0.717, 1.165) is 76.8 Å². The molecule has 0 aliphatic rings. The molecule has 0 aromatic heterocycles. The lowest BCUT2D eigenvalue weighted by Crippen LogP contribution is -1.98. The molecule has 0 heterocycles. The standard InChI is InChI=1S/C44H26O8/c45-41(46)27-9-1-23(2-10-27)35-21-31-17-20-34-38(26-7-15-30(16-8-26)44(51)52)36(24-3-11-28(12-4-24)42(47)48)22-32-18-19-33(39(31)40(32)34)37(35)25-5-13-29(14-6-25)43(49)50/h1-22H,(H,45,46)(H,47,48)(H,49,50)(H,51,52). The van der Waals surface area contributed by atoms with Gasteiger partial charge in [0.1, 0.15) is 0 Å². The van der Waals surface area contributed by atoms with E-state index in [1.807, 2.05) is 24.3 Å². The van der Waals surface area contributed by atoms with E-state index in [0.29, 0.717) is 0 Å². The summed E-state index contributed by atoms with van der Waals surface area (Å²) in [5.74, 6) is -4.14. The molecule has 0 aliphatic heterocycles. The van der Waals surface area contributed by atoms with Gasteiger partial charge in [0.05, 0.1) is 22.3 Å². The monoisotopic (exact) mass is 682 g/mol. The van der Waals surface area contributed by atoms with Crippen LogP contribution in [0.15, 0.2) is 133 Å². The molecule has 0 fully saturated rings. The van der Waals surface area contributed by atoms with Gasteiger partial charge >= 0.3 is 23.9 Å². The van der Waals surface area contributed by atoms with Crippen LogP contribution in [0.4, 0.5) is 0 Å². The number of rotatable bonds is 8. The van der Waals surface area contributed by atoms with Crippen LogP contribution < -0.4 is 0 Å². The Hall–Kier alpha value is -7.32. The Bertz CT molecular complexity index is 2550. The molecule has 52 heavy (non-hydrogen) atoms. The van der Waals surface area contributed by atoms with Crippen LogP contribution in [0.5, 0.6) is 0 Å². The van der Waals surface area contributed by atoms with Crippen LogP contribution in [0.2, 0.25) is 0 Å². The van der Waals surface area contributed by atoms with Crippen LogP contribution in [0.25, 0.3) is 76.8 Å². The van der Waals surface area contributed by atoms with Gasteiger partial charge in [-0.05, 0) is 137 Å². The molecule has 8 aromatic rings. The average molecular weight is 683 g/mol. The van der Waals surface area contributed by atoms with Crippen LogP contribution in [0.1, 0.15) is 41.4 Å². The average Bonchev–Trinajstić information content (AvgIpc) is 3.16. The van der Waals surface area contributed by atoms with Crippen LogP contribution in [-0.4, -0.2) is 44.3 Å². The van der Waals surface area contributed by atoms with Crippen LogP contribution in [0.3, 0.4) is 0 Å². The molecule has 0 aliphatic carbocycles. The zero-order valence-electron chi connectivity index (χ0n) is 27.1. The molecule has 8 nitrogen and oxygen atoms in total. The maximum atomic E-state index is 11.7. The molecule has 8 aromatic carbocycles. The topological polar surface area (TPSA) is 149 Å². The molecule has 0 atom stereocenters. The minimum absolute atomic E-state index is 0.149. The van der Waals surface area contributed by atoms with E-state index in [-0.39, 0.29) is 22.3 Å². The summed E-state index contributed by atoms with van der Waals surface area (Å²) in [7, 11) is 0. The molecule has 250 valence electrons. The molecule has 0 unspecified atom stereocenters. The first kappa shape index (κ1) is 31.9. The number of hydrogen-bond donors (Lipinski definition) is 4. The van der Waals surface area contributed by atoms with E-state index >= 15 is 0 Å². The number of hydrogen-bond acceptors (Lipinski definition) is 4. The van der Waals surface area contributed by atoms with Gasteiger partial charge < -0.3 is 20.4 Å². The Morgan fingerprint density at radius 1 is 0.327 bits per heavy atom. The second-order valence-electron chi connectivity index (χ2n) is 12.6. The summed E-state index contributed by atoms with van der Waals surface area (Å²) in [6, 6.07) is 39.0. The summed E-state index contributed by atoms with van der Waals surface area (Å²) in [5.41, 5.74) is 7.14. The molecule has 0 bridgehead atoms. The number of carboxylic acid groups (broad SMARTS) is 4. The first-order chi connectivity index (χ1) is 25.1. The van der Waals surface area contributed by atoms with Crippen molar-refractivity contribution >= 4 is 56.2 Å². The van der Waals surface area contributed by atoms with Crippen LogP contribution in [-0.2, 0) is 0 Å². The Balaban J connectivity index is 1.46. The minimum atomic E-state index is -1.04. The number of carbonyl (C=O) groups is 4. The smallest absolute Gasteiger partial charge is 0.335 e. The third kappa shape index (κ3) is 5.26. The van der Waals surface area contributed by atoms with E-state index in [9.17, 15) is 39.6 Å². The molecule has 8 rings (SSSR count). The molecule has 4 N–H and O–H groups in total. The predicted molar refractivity (Wildman–Crippen MR) is 200 cm³/mol. The fraction of sp³-hybridized carbons (Fsp3) is 0. The van der Waals surface area contributed by atoms with Gasteiger partial charge in [0.25, 0.3) is 0 Å². The highest BCUT2D eigenvalue weighted by Crippen LogP contribution is 2.48. The van der Waals surface area contributed by atoms with Crippen molar-refractivity contribution in [2.24, 2.45) is 0 Å². The third-order valence-electron chi connectivity index (χ3n) is 9.63. The van der Waals surface area contributed by atoms with Gasteiger partial charge in [-0.1, -0.05) is 72.8 Å². The Morgan fingerprint density at radius 2 is 0.596 bits per heavy atom. The van der Waals surface area contributed by atoms with E-state index in [2.05, 4.69) is 12.1 Å². The van der Waals surface area contributed by atoms with Crippen molar-refractivity contribution in [1.29, 1.82) is 0 Å². The van der Waals surface area contributed by atoms with Gasteiger partial charge in [0, 0.05) is 0 Å². The molecular formula is C44H26O8. The SMILES string of the molecule is O=C(O)c1ccc(-c2cc3ccc4c(-c5ccc(C(=O)O)cc5)c(-c5ccc(C(=O)O)cc5)cc5ccc(c2-c2ccc(C(=O)O)cc2)c3c54)cc1. The Labute approximate surface area is 295 Å². The van der Waals surface area contributed by atoms with E-state index in [4.69, 9.17) is 0 Å². The molecule has 8 heteroatoms. The summed E-state index contributed by atoms with van der Waals surface area (Å²) in [5, 5.41) is 43.9. The summed E-state index contributed by atoms with van der Waals surface area (Å²) in [6.45, 7) is 0. The highest BCUT2D eigenvalue weighted by Gasteiger charge is 2.22. The lowest BCUT2D eigenvalue weighted by Gasteiger charge is -2.22. The third-order valence-corrected chi connectivity index (χ3v) is 9.63. The molecule has 0 amide bonds. The Morgan fingerprint density at radius 3 is 0.865 bits per heavy atom. The number of benzene rings is 8. The summed E-state index contributed by atoms with van der Waals surface area (Å²) < 4.78 is 0. The maximum Gasteiger partial charge on any atom is 0.335 e. The molecule has 0 spiro atoms. The van der Waals surface area contributed by atoms with Crippen molar-refractivity contribution in [1.82, 2.24) is 0 Å². The molecule has 0 radical (unpaired) electrons. The minimum Gasteiger partial charge on any atom is -0.478 e. The van der Waals surface area contributed by atoms with Gasteiger partial charge in [-0.3, -0.25) is 0 Å². The number of aromatic carboxylic acids is 4. The van der Waals surface area contributed by atoms with Crippen molar-refractivity contribution < 1.29 is 39.6 Å². The van der Waals surface area contributed by atoms with Gasteiger partial charge in [0.2, 0.25) is 0 Å². The van der Waals surface area contributed by atoms with E-state index < -0.39 is 23.9 Å². The zero-order chi connectivity index (χ0) is 36.3. The normalized spacial score (nSPS) is 11.3. The first-order valence-electron chi connectivity index (χ1n) is 16.2. The molecular weight excluding hydrogens is 656 g/mol. The second-order valence-corrected chi connectivity index (χ2v) is 12.6. The zero-order valence-corrected chi connectivity index (χ0v) is 27.1. The lowest BCUT2D eigenvalue weighted by molar-refractivity contribution is 0.0686. The largest absolute Gasteiger partial charge is 0.478 e. The van der Waals surface area contributed by atoms with E-state index in [1.165, 1.54) is 0 Å². The summed E-state index contributed by atoms with van der Waals surface area (Å²) >= 11 is 0. The van der Waals surface area contributed by atoms with E-state index in [1.54, 1.807) is 97.1 Å². The maximum absolute atomic E-state index is 11.7. The lowest BCUT2D eigenvalue weighted by atomic mass is 9.81. The van der Waals surface area contributed by atoms with Crippen molar-refractivity contribution in [2.75, 3.05) is 0 Å². The summed E-state index contributed by atoms with van der Waals surface area (Å²) in [6.07, 6.45) is 0. The van der Waals surface area contributed by atoms with Gasteiger partial charge in [-0.15, -0.1) is 0 Å². The van der Waals surface area contributed by atoms with Gasteiger partial charge in [-0.25, -0.2) is 19.2 Å². The van der Waals surface area contributed by atoms with Crippen molar-refractivity contribution in [3.8, 4) is 44.5 Å². The van der Waals surface area contributed by atoms with Crippen LogP contribution >= 0.6 is 0 Å².